The van der Waals surface area contributed by atoms with Crippen LogP contribution in [0.2, 0.25) is 0 Å². The van der Waals surface area contributed by atoms with Crippen LogP contribution in [-0.2, 0) is 0 Å². The molecule has 2 aliphatic rings. The van der Waals surface area contributed by atoms with Gasteiger partial charge >= 0.3 is 0 Å². The molecule has 0 aliphatic carbocycles. The molecule has 30 heavy (non-hydrogen) atoms. The van der Waals surface area contributed by atoms with Crippen molar-refractivity contribution in [3.8, 4) is 23.2 Å². The van der Waals surface area contributed by atoms with Gasteiger partial charge < -0.3 is 15.3 Å². The van der Waals surface area contributed by atoms with Crippen molar-refractivity contribution in [1.29, 1.82) is 0 Å². The molecule has 0 radical (unpaired) electrons. The predicted molar refractivity (Wildman–Crippen MR) is 116 cm³/mol. The van der Waals surface area contributed by atoms with E-state index in [1.807, 2.05) is 18.2 Å². The first-order valence-electron chi connectivity index (χ1n) is 10.4. The lowest BCUT2D eigenvalue weighted by Gasteiger charge is -2.39. The second-order valence-corrected chi connectivity index (χ2v) is 8.04. The summed E-state index contributed by atoms with van der Waals surface area (Å²) < 4.78 is 0. The molecule has 2 N–H and O–H groups in total. The minimum atomic E-state index is -0.213. The van der Waals surface area contributed by atoms with Gasteiger partial charge in [0, 0.05) is 49.2 Å². The number of aromatic nitrogens is 4. The first kappa shape index (κ1) is 18.9. The van der Waals surface area contributed by atoms with Crippen LogP contribution in [0.15, 0.2) is 36.8 Å². The molecule has 3 aromatic heterocycles. The van der Waals surface area contributed by atoms with Crippen LogP contribution in [-0.4, -0.2) is 57.8 Å². The number of aliphatic hydroxyl groups is 1. The molecule has 3 aromatic rings. The highest BCUT2D eigenvalue weighted by Crippen LogP contribution is 2.39. The molecule has 2 saturated heterocycles. The van der Waals surface area contributed by atoms with E-state index in [0.717, 1.165) is 48.5 Å². The van der Waals surface area contributed by atoms with Crippen molar-refractivity contribution in [2.24, 2.45) is 5.41 Å². The smallest absolute Gasteiger partial charge is 0.162 e. The summed E-state index contributed by atoms with van der Waals surface area (Å²) in [5.41, 5.74) is 2.63. The molecule has 2 aliphatic heterocycles. The lowest BCUT2D eigenvalue weighted by Crippen LogP contribution is -2.41. The van der Waals surface area contributed by atoms with Crippen molar-refractivity contribution in [2.45, 2.75) is 19.3 Å². The van der Waals surface area contributed by atoms with E-state index in [9.17, 15) is 0 Å². The van der Waals surface area contributed by atoms with Crippen LogP contribution >= 0.6 is 0 Å². The Morgan fingerprint density at radius 3 is 2.63 bits per heavy atom. The molecule has 5 heterocycles. The second kappa shape index (κ2) is 7.98. The van der Waals surface area contributed by atoms with E-state index < -0.39 is 0 Å². The van der Waals surface area contributed by atoms with Crippen molar-refractivity contribution in [2.75, 3.05) is 37.7 Å². The molecule has 0 atom stereocenters. The normalized spacial score (nSPS) is 17.8. The highest BCUT2D eigenvalue weighted by Gasteiger charge is 2.37. The number of pyridine rings is 2. The monoisotopic (exact) mass is 400 g/mol. The van der Waals surface area contributed by atoms with Gasteiger partial charge in [-0.15, -0.1) is 0 Å². The minimum absolute atomic E-state index is 0.213. The zero-order valence-electron chi connectivity index (χ0n) is 16.8. The van der Waals surface area contributed by atoms with Crippen LogP contribution in [0, 0.1) is 17.3 Å². The van der Waals surface area contributed by atoms with Crippen molar-refractivity contribution in [3.05, 3.63) is 42.5 Å². The Kier molecular flexibility index (Phi) is 5.03. The Morgan fingerprint density at radius 1 is 1.07 bits per heavy atom. The third kappa shape index (κ3) is 3.49. The van der Waals surface area contributed by atoms with Crippen LogP contribution < -0.4 is 10.2 Å². The SMILES string of the molecule is OCC#Cc1nccc2c(N3CCC4(CCNC4)CC3)nc(-c3ccncc3)nc12. The minimum Gasteiger partial charge on any atom is -0.384 e. The average molecular weight is 400 g/mol. The van der Waals surface area contributed by atoms with Crippen molar-refractivity contribution < 1.29 is 5.11 Å². The van der Waals surface area contributed by atoms with E-state index in [0.29, 0.717) is 16.9 Å². The van der Waals surface area contributed by atoms with Crippen molar-refractivity contribution in [1.82, 2.24) is 25.3 Å². The van der Waals surface area contributed by atoms with E-state index in [2.05, 4.69) is 32.0 Å². The number of piperidine rings is 1. The number of hydrogen-bond donors (Lipinski definition) is 2. The predicted octanol–water partition coefficient (Wildman–Crippen LogP) is 2.01. The van der Waals surface area contributed by atoms with E-state index in [1.54, 1.807) is 18.6 Å². The third-order valence-corrected chi connectivity index (χ3v) is 6.27. The maximum atomic E-state index is 9.14. The molecule has 0 bridgehead atoms. The summed E-state index contributed by atoms with van der Waals surface area (Å²) in [6.07, 6.45) is 8.83. The van der Waals surface area contributed by atoms with Gasteiger partial charge in [0.05, 0.1) is 0 Å². The number of aliphatic hydroxyl groups excluding tert-OH is 1. The highest BCUT2D eigenvalue weighted by molar-refractivity contribution is 5.93. The number of nitrogens with zero attached hydrogens (tertiary/aromatic N) is 5. The molecule has 0 unspecified atom stereocenters. The molecule has 7 nitrogen and oxygen atoms in total. The first-order chi connectivity index (χ1) is 14.8. The topological polar surface area (TPSA) is 87.1 Å². The quantitative estimate of drug-likeness (QED) is 0.636. The Morgan fingerprint density at radius 2 is 1.90 bits per heavy atom. The van der Waals surface area contributed by atoms with Crippen LogP contribution in [0.1, 0.15) is 25.0 Å². The molecular weight excluding hydrogens is 376 g/mol. The zero-order chi connectivity index (χ0) is 20.4. The molecule has 0 amide bonds. The van der Waals surface area contributed by atoms with E-state index in [-0.39, 0.29) is 6.61 Å². The Hall–Kier alpha value is -3.08. The van der Waals surface area contributed by atoms with Gasteiger partial charge in [0.15, 0.2) is 5.82 Å². The summed E-state index contributed by atoms with van der Waals surface area (Å²) in [5, 5.41) is 13.6. The summed E-state index contributed by atoms with van der Waals surface area (Å²) in [6.45, 7) is 3.99. The molecule has 2 fully saturated rings. The van der Waals surface area contributed by atoms with E-state index in [4.69, 9.17) is 15.1 Å². The third-order valence-electron chi connectivity index (χ3n) is 6.27. The maximum Gasteiger partial charge on any atom is 0.162 e. The van der Waals surface area contributed by atoms with E-state index in [1.165, 1.54) is 19.3 Å². The summed E-state index contributed by atoms with van der Waals surface area (Å²) in [7, 11) is 0. The largest absolute Gasteiger partial charge is 0.384 e. The number of nitrogens with one attached hydrogen (secondary N) is 1. The Balaban J connectivity index is 1.61. The van der Waals surface area contributed by atoms with Crippen molar-refractivity contribution in [3.63, 3.8) is 0 Å². The van der Waals surface area contributed by atoms with Crippen LogP contribution in [0.3, 0.4) is 0 Å². The van der Waals surface area contributed by atoms with Gasteiger partial charge in [0.25, 0.3) is 0 Å². The lowest BCUT2D eigenvalue weighted by molar-refractivity contribution is 0.247. The number of rotatable bonds is 2. The summed E-state index contributed by atoms with van der Waals surface area (Å²) in [5.74, 6) is 7.22. The van der Waals surface area contributed by atoms with Gasteiger partial charge in [-0.1, -0.05) is 5.92 Å². The molecule has 1 spiro atoms. The standard InChI is InChI=1S/C23H24N6O/c30-15-1-2-19-20-18(5-11-26-19)22(28-21(27-20)17-3-9-24-10-4-17)29-13-7-23(8-14-29)6-12-25-16-23/h3-5,9-11,25,30H,6-8,12-16H2. The van der Waals surface area contributed by atoms with Gasteiger partial charge in [-0.25, -0.2) is 15.0 Å². The fourth-order valence-corrected chi connectivity index (χ4v) is 4.54. The molecule has 7 heteroatoms. The molecule has 0 aromatic carbocycles. The zero-order valence-corrected chi connectivity index (χ0v) is 16.8. The molecule has 5 rings (SSSR count). The van der Waals surface area contributed by atoms with Gasteiger partial charge in [-0.2, -0.15) is 0 Å². The summed E-state index contributed by atoms with van der Waals surface area (Å²) >= 11 is 0. The summed E-state index contributed by atoms with van der Waals surface area (Å²) in [6, 6.07) is 5.79. The van der Waals surface area contributed by atoms with Gasteiger partial charge in [0.2, 0.25) is 0 Å². The first-order valence-corrected chi connectivity index (χ1v) is 10.4. The fraction of sp³-hybridized carbons (Fsp3) is 0.391. The number of anilines is 1. The molecular formula is C23H24N6O. The Labute approximate surface area is 175 Å². The number of fused-ring (bicyclic) bond motifs is 1. The van der Waals surface area contributed by atoms with Gasteiger partial charge in [-0.3, -0.25) is 4.98 Å². The molecule has 0 saturated carbocycles. The second-order valence-electron chi connectivity index (χ2n) is 8.04. The fourth-order valence-electron chi connectivity index (χ4n) is 4.54. The van der Waals surface area contributed by atoms with Gasteiger partial charge in [0.1, 0.15) is 23.6 Å². The highest BCUT2D eigenvalue weighted by atomic mass is 16.2. The lowest BCUT2D eigenvalue weighted by atomic mass is 9.78. The average Bonchev–Trinajstić information content (AvgIpc) is 3.26. The molecule has 152 valence electrons. The van der Waals surface area contributed by atoms with Crippen LogP contribution in [0.5, 0.6) is 0 Å². The van der Waals surface area contributed by atoms with E-state index >= 15 is 0 Å². The van der Waals surface area contributed by atoms with Crippen LogP contribution in [0.4, 0.5) is 5.82 Å². The van der Waals surface area contributed by atoms with Crippen molar-refractivity contribution >= 4 is 16.7 Å². The number of hydrogen-bond acceptors (Lipinski definition) is 7. The Bertz CT molecular complexity index is 1100. The van der Waals surface area contributed by atoms with Crippen LogP contribution in [0.25, 0.3) is 22.3 Å². The summed E-state index contributed by atoms with van der Waals surface area (Å²) in [4.78, 5) is 20.7. The van der Waals surface area contributed by atoms with Gasteiger partial charge in [-0.05, 0) is 55.3 Å². The maximum absolute atomic E-state index is 9.14.